The van der Waals surface area contributed by atoms with E-state index in [-0.39, 0.29) is 43.4 Å². The summed E-state index contributed by atoms with van der Waals surface area (Å²) >= 11 is 0. The molecule has 6 nitrogen and oxygen atoms in total. The van der Waals surface area contributed by atoms with Gasteiger partial charge in [-0.05, 0) is 19.4 Å². The first-order valence-electron chi connectivity index (χ1n) is 9.34. The number of ketones is 1. The van der Waals surface area contributed by atoms with E-state index in [9.17, 15) is 14.4 Å². The second-order valence-electron chi connectivity index (χ2n) is 7.80. The fourth-order valence-electron chi connectivity index (χ4n) is 4.32. The van der Waals surface area contributed by atoms with Gasteiger partial charge in [0.15, 0.2) is 5.60 Å². The fourth-order valence-corrected chi connectivity index (χ4v) is 4.32. The smallest absolute Gasteiger partial charge is 0.309 e. The van der Waals surface area contributed by atoms with Crippen molar-refractivity contribution in [1.29, 1.82) is 0 Å². The number of hydrogen-bond donors (Lipinski definition) is 0. The van der Waals surface area contributed by atoms with Crippen LogP contribution in [-0.2, 0) is 35.2 Å². The third-order valence-electron chi connectivity index (χ3n) is 5.52. The third-order valence-corrected chi connectivity index (χ3v) is 5.52. The molecule has 0 bridgehead atoms. The van der Waals surface area contributed by atoms with Crippen LogP contribution in [0.1, 0.15) is 45.1 Å². The molecule has 2 aliphatic rings. The maximum atomic E-state index is 12.6. The summed E-state index contributed by atoms with van der Waals surface area (Å²) in [5.74, 6) is -0.771. The van der Waals surface area contributed by atoms with Crippen LogP contribution >= 0.6 is 0 Å². The minimum Gasteiger partial charge on any atom is -0.455 e. The van der Waals surface area contributed by atoms with Gasteiger partial charge >= 0.3 is 5.97 Å². The average molecular weight is 374 g/mol. The molecule has 0 aromatic heterocycles. The number of esters is 1. The lowest BCUT2D eigenvalue weighted by Crippen LogP contribution is -2.47. The van der Waals surface area contributed by atoms with Crippen molar-refractivity contribution in [3.8, 4) is 0 Å². The van der Waals surface area contributed by atoms with Crippen molar-refractivity contribution in [1.82, 2.24) is 0 Å². The van der Waals surface area contributed by atoms with E-state index in [0.29, 0.717) is 13.2 Å². The van der Waals surface area contributed by atoms with E-state index in [1.54, 1.807) is 0 Å². The summed E-state index contributed by atoms with van der Waals surface area (Å²) < 4.78 is 17.2. The first-order valence-corrected chi connectivity index (χ1v) is 9.34. The van der Waals surface area contributed by atoms with Crippen LogP contribution in [0.2, 0.25) is 0 Å². The van der Waals surface area contributed by atoms with Crippen LogP contribution in [0.4, 0.5) is 0 Å². The highest BCUT2D eigenvalue weighted by atomic mass is 16.6. The number of benzene rings is 1. The number of aldehydes is 1. The lowest BCUT2D eigenvalue weighted by molar-refractivity contribution is -0.156. The van der Waals surface area contributed by atoms with Crippen LogP contribution < -0.4 is 0 Å². The third kappa shape index (κ3) is 4.12. The molecule has 2 saturated heterocycles. The van der Waals surface area contributed by atoms with E-state index in [2.05, 4.69) is 0 Å². The molecule has 0 N–H and O–H groups in total. The maximum Gasteiger partial charge on any atom is 0.309 e. The van der Waals surface area contributed by atoms with Crippen molar-refractivity contribution in [3.05, 3.63) is 35.9 Å². The Morgan fingerprint density at radius 2 is 2.04 bits per heavy atom. The van der Waals surface area contributed by atoms with Crippen molar-refractivity contribution in [3.63, 3.8) is 0 Å². The zero-order valence-corrected chi connectivity index (χ0v) is 15.8. The summed E-state index contributed by atoms with van der Waals surface area (Å²) in [6.45, 7) is 4.50. The second-order valence-corrected chi connectivity index (χ2v) is 7.80. The molecule has 2 heterocycles. The van der Waals surface area contributed by atoms with Gasteiger partial charge < -0.3 is 19.0 Å². The van der Waals surface area contributed by atoms with Crippen LogP contribution in [0.5, 0.6) is 0 Å². The monoisotopic (exact) mass is 374 g/mol. The molecule has 3 rings (SSSR count). The first-order chi connectivity index (χ1) is 12.9. The minimum atomic E-state index is -1.04. The predicted octanol–water partition coefficient (Wildman–Crippen LogP) is 2.62. The van der Waals surface area contributed by atoms with Crippen LogP contribution in [0.15, 0.2) is 30.3 Å². The number of ether oxygens (including phenoxy) is 3. The van der Waals surface area contributed by atoms with Gasteiger partial charge in [-0.2, -0.15) is 0 Å². The van der Waals surface area contributed by atoms with Crippen LogP contribution in [0, 0.1) is 5.92 Å². The van der Waals surface area contributed by atoms with Crippen LogP contribution in [-0.4, -0.2) is 42.0 Å². The van der Waals surface area contributed by atoms with E-state index in [4.69, 9.17) is 14.2 Å². The lowest BCUT2D eigenvalue weighted by Gasteiger charge is -2.34. The molecule has 0 amide bonds. The molecule has 0 spiro atoms. The van der Waals surface area contributed by atoms with Gasteiger partial charge in [0, 0.05) is 25.2 Å². The Morgan fingerprint density at radius 3 is 2.74 bits per heavy atom. The number of hydrogen-bond acceptors (Lipinski definition) is 6. The SMILES string of the molecule is CC1(C)O[C@@H]2CC(=O)O[C@]2(CC(=O)CCOCc2ccccc2)[C@H]1CC=O. The summed E-state index contributed by atoms with van der Waals surface area (Å²) in [6, 6.07) is 9.74. The summed E-state index contributed by atoms with van der Waals surface area (Å²) in [6.07, 6.45) is 0.914. The molecular weight excluding hydrogens is 348 g/mol. The summed E-state index contributed by atoms with van der Waals surface area (Å²) in [7, 11) is 0. The summed E-state index contributed by atoms with van der Waals surface area (Å²) in [5, 5.41) is 0. The Labute approximate surface area is 159 Å². The van der Waals surface area contributed by atoms with Gasteiger partial charge in [0.1, 0.15) is 18.2 Å². The van der Waals surface area contributed by atoms with Gasteiger partial charge in [-0.25, -0.2) is 0 Å². The maximum absolute atomic E-state index is 12.6. The van der Waals surface area contributed by atoms with Gasteiger partial charge in [0.05, 0.1) is 25.2 Å². The van der Waals surface area contributed by atoms with Gasteiger partial charge in [0.25, 0.3) is 0 Å². The van der Waals surface area contributed by atoms with E-state index >= 15 is 0 Å². The van der Waals surface area contributed by atoms with E-state index in [0.717, 1.165) is 11.8 Å². The minimum absolute atomic E-state index is 0.0556. The van der Waals surface area contributed by atoms with Crippen molar-refractivity contribution < 1.29 is 28.6 Å². The molecule has 0 saturated carbocycles. The number of carbonyl (C=O) groups excluding carboxylic acids is 3. The quantitative estimate of drug-likeness (QED) is 0.376. The largest absolute Gasteiger partial charge is 0.455 e. The highest BCUT2D eigenvalue weighted by Gasteiger charge is 2.66. The molecule has 0 aliphatic carbocycles. The van der Waals surface area contributed by atoms with Crippen molar-refractivity contribution in [2.45, 2.75) is 63.4 Å². The standard InChI is InChI=1S/C21H26O6/c1-20(2)17(8-10-22)21(18(26-20)12-19(24)27-21)13-16(23)9-11-25-14-15-6-4-3-5-7-15/h3-7,10,17-18H,8-9,11-14H2,1-2H3/t17-,18+,21+/m0/s1. The predicted molar refractivity (Wildman–Crippen MR) is 96.9 cm³/mol. The van der Waals surface area contributed by atoms with Crippen LogP contribution in [0.3, 0.4) is 0 Å². The van der Waals surface area contributed by atoms with Gasteiger partial charge in [-0.3, -0.25) is 9.59 Å². The molecule has 1 aromatic carbocycles. The van der Waals surface area contributed by atoms with E-state index in [1.165, 1.54) is 0 Å². The highest BCUT2D eigenvalue weighted by Crippen LogP contribution is 2.53. The molecule has 1 aromatic rings. The molecule has 146 valence electrons. The Kier molecular flexibility index (Phi) is 5.77. The molecule has 3 atom stereocenters. The average Bonchev–Trinajstić information content (AvgIpc) is 3.01. The van der Waals surface area contributed by atoms with Crippen LogP contribution in [0.25, 0.3) is 0 Å². The normalized spacial score (nSPS) is 28.6. The van der Waals surface area contributed by atoms with Gasteiger partial charge in [-0.15, -0.1) is 0 Å². The fraction of sp³-hybridized carbons (Fsp3) is 0.571. The lowest BCUT2D eigenvalue weighted by atomic mass is 9.73. The Morgan fingerprint density at radius 1 is 1.30 bits per heavy atom. The molecule has 2 aliphatic heterocycles. The second kappa shape index (κ2) is 7.90. The highest BCUT2D eigenvalue weighted by molar-refractivity contribution is 5.82. The first kappa shape index (κ1) is 19.7. The van der Waals surface area contributed by atoms with Crippen molar-refractivity contribution in [2.24, 2.45) is 5.92 Å². The summed E-state index contributed by atoms with van der Waals surface area (Å²) in [5.41, 5.74) is -0.626. The zero-order chi connectivity index (χ0) is 19.5. The van der Waals surface area contributed by atoms with E-state index in [1.807, 2.05) is 44.2 Å². The molecule has 2 fully saturated rings. The van der Waals surface area contributed by atoms with Crippen molar-refractivity contribution in [2.75, 3.05) is 6.61 Å². The Balaban J connectivity index is 1.60. The number of Topliss-reactive ketones (excluding diaryl/α,β-unsaturated/α-hetero) is 1. The summed E-state index contributed by atoms with van der Waals surface area (Å²) in [4.78, 5) is 35.7. The van der Waals surface area contributed by atoms with E-state index < -0.39 is 17.3 Å². The van der Waals surface area contributed by atoms with Gasteiger partial charge in [-0.1, -0.05) is 30.3 Å². The zero-order valence-electron chi connectivity index (χ0n) is 15.8. The Hall–Kier alpha value is -2.05. The topological polar surface area (TPSA) is 78.9 Å². The number of rotatable bonds is 9. The molecule has 6 heteroatoms. The molecule has 0 radical (unpaired) electrons. The molecule has 0 unspecified atom stereocenters. The number of carbonyl (C=O) groups is 3. The van der Waals surface area contributed by atoms with Gasteiger partial charge in [0.2, 0.25) is 0 Å². The molecular formula is C21H26O6. The number of fused-ring (bicyclic) bond motifs is 1. The van der Waals surface area contributed by atoms with Crippen molar-refractivity contribution >= 4 is 18.0 Å². The Bertz CT molecular complexity index is 698. The molecule has 27 heavy (non-hydrogen) atoms.